The second-order valence-corrected chi connectivity index (χ2v) is 8.38. The number of amides is 3. The number of nitrogen functional groups attached to an aromatic ring is 1. The molecule has 1 unspecified atom stereocenters. The molecule has 3 aromatic carbocycles. The summed E-state index contributed by atoms with van der Waals surface area (Å²) < 4.78 is 0. The van der Waals surface area contributed by atoms with Crippen molar-refractivity contribution < 1.29 is 9.59 Å². The number of nitrogens with zero attached hydrogens (tertiary/aromatic N) is 4. The first kappa shape index (κ1) is 21.3. The molecule has 1 saturated heterocycles. The normalized spacial score (nSPS) is 17.8. The van der Waals surface area contributed by atoms with E-state index in [4.69, 9.17) is 5.73 Å². The standard InChI is InChI=1S/C25H23N7O2/c1-15-7-3-6-10-19(15)27-23-29-20(28-22(26)30-23)14-32-21(33)25(2,31-24(32)34)18-12-11-16-8-4-5-9-17(16)13-18/h3-13H,14H2,1-2H3,(H,31,34)(H3,26,27,28,29,30). The van der Waals surface area contributed by atoms with Crippen LogP contribution in [0.2, 0.25) is 0 Å². The molecule has 0 spiro atoms. The molecule has 1 aromatic heterocycles. The minimum atomic E-state index is -1.21. The van der Waals surface area contributed by atoms with E-state index in [2.05, 4.69) is 25.6 Å². The number of rotatable bonds is 5. The van der Waals surface area contributed by atoms with Gasteiger partial charge in [-0.1, -0.05) is 54.6 Å². The smallest absolute Gasteiger partial charge is 0.325 e. The second-order valence-electron chi connectivity index (χ2n) is 8.38. The molecule has 1 aliphatic rings. The molecule has 3 amide bonds. The van der Waals surface area contributed by atoms with Gasteiger partial charge in [0.05, 0.1) is 6.54 Å². The molecule has 0 bridgehead atoms. The van der Waals surface area contributed by atoms with E-state index in [0.717, 1.165) is 26.9 Å². The van der Waals surface area contributed by atoms with Gasteiger partial charge in [-0.3, -0.25) is 9.69 Å². The Kier molecular flexibility index (Phi) is 5.09. The molecular weight excluding hydrogens is 430 g/mol. The van der Waals surface area contributed by atoms with Crippen molar-refractivity contribution in [3.05, 3.63) is 83.7 Å². The first-order valence-electron chi connectivity index (χ1n) is 10.8. The summed E-state index contributed by atoms with van der Waals surface area (Å²) in [6.07, 6.45) is 0. The van der Waals surface area contributed by atoms with E-state index < -0.39 is 11.6 Å². The average Bonchev–Trinajstić information content (AvgIpc) is 3.04. The monoisotopic (exact) mass is 453 g/mol. The molecule has 1 fully saturated rings. The highest BCUT2D eigenvalue weighted by atomic mass is 16.2. The lowest BCUT2D eigenvalue weighted by Crippen LogP contribution is -2.40. The molecule has 0 aliphatic carbocycles. The number of aryl methyl sites for hydroxylation is 1. The van der Waals surface area contributed by atoms with E-state index in [0.29, 0.717) is 5.56 Å². The largest absolute Gasteiger partial charge is 0.368 e. The number of anilines is 3. The average molecular weight is 454 g/mol. The van der Waals surface area contributed by atoms with Crippen LogP contribution in [-0.4, -0.2) is 31.8 Å². The van der Waals surface area contributed by atoms with E-state index in [1.54, 1.807) is 6.92 Å². The Morgan fingerprint density at radius 1 is 0.971 bits per heavy atom. The predicted octanol–water partition coefficient (Wildman–Crippen LogP) is 3.63. The summed E-state index contributed by atoms with van der Waals surface area (Å²) in [5, 5.41) is 7.98. The van der Waals surface area contributed by atoms with E-state index in [1.165, 1.54) is 0 Å². The molecule has 0 radical (unpaired) electrons. The van der Waals surface area contributed by atoms with E-state index in [9.17, 15) is 9.59 Å². The predicted molar refractivity (Wildman–Crippen MR) is 129 cm³/mol. The molecule has 1 atom stereocenters. The maximum atomic E-state index is 13.4. The Bertz CT molecular complexity index is 1440. The molecule has 170 valence electrons. The maximum Gasteiger partial charge on any atom is 0.325 e. The molecule has 34 heavy (non-hydrogen) atoms. The van der Waals surface area contributed by atoms with Gasteiger partial charge in [-0.05, 0) is 47.9 Å². The third-order valence-corrected chi connectivity index (χ3v) is 5.99. The Labute approximate surface area is 196 Å². The summed E-state index contributed by atoms with van der Waals surface area (Å²) in [6.45, 7) is 3.52. The number of nitrogens with two attached hydrogens (primary N) is 1. The summed E-state index contributed by atoms with van der Waals surface area (Å²) in [5.41, 5.74) is 7.20. The Morgan fingerprint density at radius 2 is 1.71 bits per heavy atom. The molecule has 5 rings (SSSR count). The topological polar surface area (TPSA) is 126 Å². The van der Waals surface area contributed by atoms with Gasteiger partial charge in [-0.15, -0.1) is 0 Å². The number of imide groups is 1. The zero-order chi connectivity index (χ0) is 23.9. The molecule has 9 heteroatoms. The fourth-order valence-corrected chi connectivity index (χ4v) is 4.08. The molecule has 9 nitrogen and oxygen atoms in total. The van der Waals surface area contributed by atoms with Crippen molar-refractivity contribution in [1.82, 2.24) is 25.2 Å². The maximum absolute atomic E-state index is 13.4. The molecule has 2 heterocycles. The van der Waals surface area contributed by atoms with Crippen LogP contribution in [0.5, 0.6) is 0 Å². The van der Waals surface area contributed by atoms with Crippen LogP contribution in [0.4, 0.5) is 22.4 Å². The first-order valence-corrected chi connectivity index (χ1v) is 10.8. The number of urea groups is 1. The number of benzene rings is 3. The number of aromatic nitrogens is 3. The fraction of sp³-hybridized carbons (Fsp3) is 0.160. The van der Waals surface area contributed by atoms with Crippen molar-refractivity contribution in [2.24, 2.45) is 0 Å². The molecule has 1 aliphatic heterocycles. The van der Waals surface area contributed by atoms with E-state index in [1.807, 2.05) is 73.7 Å². The molecule has 0 saturated carbocycles. The van der Waals surface area contributed by atoms with Crippen molar-refractivity contribution in [2.45, 2.75) is 25.9 Å². The molecular formula is C25H23N7O2. The summed E-state index contributed by atoms with van der Waals surface area (Å²) in [7, 11) is 0. The van der Waals surface area contributed by atoms with Gasteiger partial charge >= 0.3 is 6.03 Å². The summed E-state index contributed by atoms with van der Waals surface area (Å²) in [4.78, 5) is 40.0. The van der Waals surface area contributed by atoms with Crippen LogP contribution in [-0.2, 0) is 16.9 Å². The van der Waals surface area contributed by atoms with Gasteiger partial charge in [0.15, 0.2) is 5.82 Å². The van der Waals surface area contributed by atoms with Crippen molar-refractivity contribution in [3.63, 3.8) is 0 Å². The second kappa shape index (κ2) is 8.11. The number of carbonyl (C=O) groups is 2. The summed E-state index contributed by atoms with van der Waals surface area (Å²) in [6, 6.07) is 20.7. The highest BCUT2D eigenvalue weighted by Crippen LogP contribution is 2.31. The quantitative estimate of drug-likeness (QED) is 0.394. The Balaban J connectivity index is 1.41. The number of fused-ring (bicyclic) bond motifs is 1. The van der Waals surface area contributed by atoms with Gasteiger partial charge in [-0.25, -0.2) is 4.79 Å². The lowest BCUT2D eigenvalue weighted by molar-refractivity contribution is -0.131. The first-order chi connectivity index (χ1) is 16.3. The van der Waals surface area contributed by atoms with Crippen LogP contribution in [0.3, 0.4) is 0 Å². The van der Waals surface area contributed by atoms with Crippen molar-refractivity contribution in [1.29, 1.82) is 0 Å². The minimum absolute atomic E-state index is 0.00886. The van der Waals surface area contributed by atoms with Crippen LogP contribution in [0, 0.1) is 6.92 Å². The van der Waals surface area contributed by atoms with Gasteiger partial charge < -0.3 is 16.4 Å². The number of para-hydroxylation sites is 1. The van der Waals surface area contributed by atoms with Crippen LogP contribution >= 0.6 is 0 Å². The van der Waals surface area contributed by atoms with Crippen molar-refractivity contribution in [3.8, 4) is 0 Å². The van der Waals surface area contributed by atoms with E-state index in [-0.39, 0.29) is 30.2 Å². The number of hydrogen-bond acceptors (Lipinski definition) is 7. The van der Waals surface area contributed by atoms with Crippen molar-refractivity contribution >= 4 is 40.3 Å². The van der Waals surface area contributed by atoms with Crippen LogP contribution in [0.25, 0.3) is 10.8 Å². The van der Waals surface area contributed by atoms with Gasteiger partial charge in [-0.2, -0.15) is 15.0 Å². The van der Waals surface area contributed by atoms with Crippen LogP contribution < -0.4 is 16.4 Å². The zero-order valence-electron chi connectivity index (χ0n) is 18.7. The Morgan fingerprint density at radius 3 is 2.50 bits per heavy atom. The fourth-order valence-electron chi connectivity index (χ4n) is 4.08. The zero-order valence-corrected chi connectivity index (χ0v) is 18.7. The third-order valence-electron chi connectivity index (χ3n) is 5.99. The van der Waals surface area contributed by atoms with Gasteiger partial charge in [0.25, 0.3) is 5.91 Å². The highest BCUT2D eigenvalue weighted by molar-refractivity contribution is 6.07. The highest BCUT2D eigenvalue weighted by Gasteiger charge is 2.49. The van der Waals surface area contributed by atoms with Crippen LogP contribution in [0.15, 0.2) is 66.7 Å². The number of hydrogen-bond donors (Lipinski definition) is 3. The molecule has 4 N–H and O–H groups in total. The molecule has 4 aromatic rings. The SMILES string of the molecule is Cc1ccccc1Nc1nc(N)nc(CN2C(=O)NC(C)(c3ccc4ccccc4c3)C2=O)n1. The summed E-state index contributed by atoms with van der Waals surface area (Å²) in [5.74, 6) is 0.0431. The number of carbonyl (C=O) groups excluding carboxylic acids is 2. The van der Waals surface area contributed by atoms with Gasteiger partial charge in [0, 0.05) is 5.69 Å². The minimum Gasteiger partial charge on any atom is -0.368 e. The van der Waals surface area contributed by atoms with Crippen molar-refractivity contribution in [2.75, 3.05) is 11.1 Å². The third kappa shape index (κ3) is 3.77. The lowest BCUT2D eigenvalue weighted by Gasteiger charge is -2.22. The van der Waals surface area contributed by atoms with E-state index >= 15 is 0 Å². The Hall–Kier alpha value is -4.53. The van der Waals surface area contributed by atoms with Gasteiger partial charge in [0.1, 0.15) is 5.54 Å². The van der Waals surface area contributed by atoms with Gasteiger partial charge in [0.2, 0.25) is 11.9 Å². The number of nitrogens with one attached hydrogen (secondary N) is 2. The van der Waals surface area contributed by atoms with Crippen LogP contribution in [0.1, 0.15) is 23.9 Å². The lowest BCUT2D eigenvalue weighted by atomic mass is 9.90. The summed E-state index contributed by atoms with van der Waals surface area (Å²) >= 11 is 0.